The predicted molar refractivity (Wildman–Crippen MR) is 125 cm³/mol. The summed E-state index contributed by atoms with van der Waals surface area (Å²) in [6, 6.07) is 19.4. The lowest BCUT2D eigenvalue weighted by molar-refractivity contribution is 0.108. The third-order valence-electron chi connectivity index (χ3n) is 4.95. The maximum absolute atomic E-state index is 13.1. The molecule has 0 atom stereocenters. The molecule has 0 aliphatic carbocycles. The van der Waals surface area contributed by atoms with Gasteiger partial charge < -0.3 is 5.11 Å². The molecule has 4 heteroatoms. The topological polar surface area (TPSA) is 50.2 Å². The van der Waals surface area contributed by atoms with Gasteiger partial charge in [0.25, 0.3) is 0 Å². The van der Waals surface area contributed by atoms with E-state index in [4.69, 9.17) is 0 Å². The molecule has 148 valence electrons. The number of pyridine rings is 1. The van der Waals surface area contributed by atoms with Crippen molar-refractivity contribution in [2.24, 2.45) is 0 Å². The maximum atomic E-state index is 13.1. The number of phenols is 1. The molecule has 0 aliphatic heterocycles. The van der Waals surface area contributed by atoms with Crippen molar-refractivity contribution in [3.8, 4) is 5.75 Å². The van der Waals surface area contributed by atoms with Gasteiger partial charge in [-0.3, -0.25) is 9.78 Å². The van der Waals surface area contributed by atoms with Crippen LogP contribution >= 0.6 is 11.8 Å². The molecule has 0 amide bonds. The number of thioether (sulfide) groups is 1. The first-order chi connectivity index (χ1) is 14.5. The second kappa shape index (κ2) is 8.56. The number of aromatic hydroxyl groups is 1. The summed E-state index contributed by atoms with van der Waals surface area (Å²) in [5, 5.41) is 12.0. The number of aromatic nitrogens is 1. The van der Waals surface area contributed by atoms with Gasteiger partial charge in [0.2, 0.25) is 5.12 Å². The summed E-state index contributed by atoms with van der Waals surface area (Å²) in [6.07, 6.45) is 7.47. The molecule has 1 heterocycles. The smallest absolute Gasteiger partial charge is 0.224 e. The van der Waals surface area contributed by atoms with E-state index < -0.39 is 0 Å². The largest absolute Gasteiger partial charge is 0.507 e. The summed E-state index contributed by atoms with van der Waals surface area (Å²) in [7, 11) is 0. The fourth-order valence-electron chi connectivity index (χ4n) is 3.39. The monoisotopic (exact) mass is 411 g/mol. The van der Waals surface area contributed by atoms with Crippen LogP contribution in [0.15, 0.2) is 78.0 Å². The predicted octanol–water partition coefficient (Wildman–Crippen LogP) is 6.66. The normalized spacial score (nSPS) is 11.3. The van der Waals surface area contributed by atoms with Crippen LogP contribution in [0.25, 0.3) is 22.9 Å². The Morgan fingerprint density at radius 1 is 0.933 bits per heavy atom. The molecule has 0 unspecified atom stereocenters. The average Bonchev–Trinajstić information content (AvgIpc) is 2.76. The summed E-state index contributed by atoms with van der Waals surface area (Å²) in [6.45, 7) is 3.76. The highest BCUT2D eigenvalue weighted by Gasteiger charge is 2.13. The zero-order chi connectivity index (χ0) is 21.1. The summed E-state index contributed by atoms with van der Waals surface area (Å²) in [5.74, 6) is 0.319. The standard InChI is InChI=1S/C26H21NO2S/c1-17-12-19(13-18(2)25(17)28)8-9-21-14-22-16-27-11-10-20(22)15-24(21)26(29)30-23-6-4-3-5-7-23/h3-16,28H,1-2H3. The van der Waals surface area contributed by atoms with Gasteiger partial charge in [-0.15, -0.1) is 0 Å². The minimum atomic E-state index is -0.00219. The van der Waals surface area contributed by atoms with E-state index in [0.717, 1.165) is 37.9 Å². The number of hydrogen-bond donors (Lipinski definition) is 1. The number of fused-ring (bicyclic) bond motifs is 1. The molecule has 3 nitrogen and oxygen atoms in total. The Hall–Kier alpha value is -3.37. The maximum Gasteiger partial charge on any atom is 0.224 e. The van der Waals surface area contributed by atoms with Gasteiger partial charge in [-0.2, -0.15) is 0 Å². The summed E-state index contributed by atoms with van der Waals surface area (Å²) >= 11 is 1.23. The second-order valence-corrected chi connectivity index (χ2v) is 8.25. The van der Waals surface area contributed by atoms with Crippen molar-refractivity contribution >= 4 is 39.8 Å². The number of rotatable bonds is 4. The van der Waals surface area contributed by atoms with Crippen LogP contribution in [0, 0.1) is 13.8 Å². The van der Waals surface area contributed by atoms with Gasteiger partial charge in [0.1, 0.15) is 5.75 Å². The Morgan fingerprint density at radius 3 is 2.40 bits per heavy atom. The van der Waals surface area contributed by atoms with Crippen molar-refractivity contribution in [3.63, 3.8) is 0 Å². The average molecular weight is 412 g/mol. The Balaban J connectivity index is 1.75. The van der Waals surface area contributed by atoms with E-state index in [9.17, 15) is 9.90 Å². The molecule has 0 fully saturated rings. The van der Waals surface area contributed by atoms with E-state index >= 15 is 0 Å². The third-order valence-corrected chi connectivity index (χ3v) is 5.86. The molecule has 30 heavy (non-hydrogen) atoms. The van der Waals surface area contributed by atoms with Crippen LogP contribution in [0.5, 0.6) is 5.75 Å². The lowest BCUT2D eigenvalue weighted by Gasteiger charge is -2.09. The first kappa shape index (κ1) is 19.9. The summed E-state index contributed by atoms with van der Waals surface area (Å²) in [4.78, 5) is 18.2. The van der Waals surface area contributed by atoms with Crippen LogP contribution in [-0.4, -0.2) is 15.2 Å². The lowest BCUT2D eigenvalue weighted by atomic mass is 10.0. The van der Waals surface area contributed by atoms with Gasteiger partial charge in [-0.25, -0.2) is 0 Å². The Labute approximate surface area is 180 Å². The zero-order valence-corrected chi connectivity index (χ0v) is 17.6. The van der Waals surface area contributed by atoms with Crippen molar-refractivity contribution in [2.75, 3.05) is 0 Å². The first-order valence-electron chi connectivity index (χ1n) is 9.64. The van der Waals surface area contributed by atoms with Gasteiger partial charge in [0, 0.05) is 28.2 Å². The number of aryl methyl sites for hydroxylation is 2. The number of carbonyl (C=O) groups excluding carboxylic acids is 1. The van der Waals surface area contributed by atoms with Gasteiger partial charge in [0.15, 0.2) is 0 Å². The molecule has 0 aliphatic rings. The van der Waals surface area contributed by atoms with E-state index in [1.165, 1.54) is 11.8 Å². The van der Waals surface area contributed by atoms with Crippen LogP contribution in [0.3, 0.4) is 0 Å². The van der Waals surface area contributed by atoms with Crippen molar-refractivity contribution in [1.82, 2.24) is 4.98 Å². The molecule has 3 aromatic carbocycles. The number of nitrogens with zero attached hydrogens (tertiary/aromatic N) is 1. The molecule has 4 aromatic rings. The number of carbonyl (C=O) groups is 1. The fourth-order valence-corrected chi connectivity index (χ4v) is 4.18. The van der Waals surface area contributed by atoms with Crippen molar-refractivity contribution in [2.45, 2.75) is 18.7 Å². The molecule has 0 radical (unpaired) electrons. The highest BCUT2D eigenvalue weighted by molar-refractivity contribution is 8.14. The minimum Gasteiger partial charge on any atom is -0.507 e. The number of phenolic OH excluding ortho intramolecular Hbond substituents is 1. The van der Waals surface area contributed by atoms with Crippen molar-refractivity contribution in [1.29, 1.82) is 0 Å². The summed E-state index contributed by atoms with van der Waals surface area (Å²) in [5.41, 5.74) is 4.13. The van der Waals surface area contributed by atoms with Crippen LogP contribution in [0.2, 0.25) is 0 Å². The third kappa shape index (κ3) is 4.29. The van der Waals surface area contributed by atoms with E-state index in [2.05, 4.69) is 4.98 Å². The van der Waals surface area contributed by atoms with Crippen LogP contribution in [0.1, 0.15) is 32.6 Å². The molecule has 1 N–H and O–H groups in total. The molecule has 1 aromatic heterocycles. The van der Waals surface area contributed by atoms with Crippen LogP contribution < -0.4 is 0 Å². The molecule has 0 saturated heterocycles. The van der Waals surface area contributed by atoms with Crippen molar-refractivity contribution in [3.05, 3.63) is 101 Å². The van der Waals surface area contributed by atoms with E-state index in [1.807, 2.05) is 86.7 Å². The molecule has 0 bridgehead atoms. The van der Waals surface area contributed by atoms with E-state index in [0.29, 0.717) is 11.3 Å². The Kier molecular flexibility index (Phi) is 5.68. The second-order valence-electron chi connectivity index (χ2n) is 7.20. The molecule has 4 rings (SSSR count). The van der Waals surface area contributed by atoms with E-state index in [1.54, 1.807) is 12.4 Å². The Bertz CT molecular complexity index is 1240. The summed E-state index contributed by atoms with van der Waals surface area (Å²) < 4.78 is 0. The van der Waals surface area contributed by atoms with Crippen LogP contribution in [-0.2, 0) is 0 Å². The van der Waals surface area contributed by atoms with Crippen LogP contribution in [0.4, 0.5) is 0 Å². The molecule has 0 spiro atoms. The van der Waals surface area contributed by atoms with Gasteiger partial charge in [0.05, 0.1) is 0 Å². The van der Waals surface area contributed by atoms with Gasteiger partial charge in [-0.05, 0) is 95.7 Å². The number of hydrogen-bond acceptors (Lipinski definition) is 4. The Morgan fingerprint density at radius 2 is 1.67 bits per heavy atom. The quantitative estimate of drug-likeness (QED) is 0.301. The highest BCUT2D eigenvalue weighted by Crippen LogP contribution is 2.29. The fraction of sp³-hybridized carbons (Fsp3) is 0.0769. The first-order valence-corrected chi connectivity index (χ1v) is 10.5. The molecule has 0 saturated carbocycles. The minimum absolute atomic E-state index is 0.00219. The van der Waals surface area contributed by atoms with Crippen molar-refractivity contribution < 1.29 is 9.90 Å². The molecular formula is C26H21NO2S. The highest BCUT2D eigenvalue weighted by atomic mass is 32.2. The number of benzene rings is 3. The molecular weight excluding hydrogens is 390 g/mol. The van der Waals surface area contributed by atoms with Gasteiger partial charge >= 0.3 is 0 Å². The van der Waals surface area contributed by atoms with E-state index in [-0.39, 0.29) is 5.12 Å². The SMILES string of the molecule is Cc1cc(C=Cc2cc3cnccc3cc2C(=O)Sc2ccccc2)cc(C)c1O. The van der Waals surface area contributed by atoms with Gasteiger partial charge in [-0.1, -0.05) is 30.4 Å². The zero-order valence-electron chi connectivity index (χ0n) is 16.8. The lowest BCUT2D eigenvalue weighted by Crippen LogP contribution is -1.97.